The van der Waals surface area contributed by atoms with Crippen LogP contribution in [0.15, 0.2) is 61.2 Å². The molecule has 4 aromatic rings. The second kappa shape index (κ2) is 8.26. The number of imidazole rings is 1. The number of nitrogens with zero attached hydrogens (tertiary/aromatic N) is 8. The number of carbonyl (C=O) groups excluding carboxylic acids is 1. The van der Waals surface area contributed by atoms with E-state index in [1.54, 1.807) is 17.2 Å². The lowest BCUT2D eigenvalue weighted by atomic mass is 10.1. The van der Waals surface area contributed by atoms with Crippen LogP contribution in [-0.4, -0.2) is 66.3 Å². The highest BCUT2D eigenvalue weighted by atomic mass is 16.2. The Kier molecular flexibility index (Phi) is 5.14. The van der Waals surface area contributed by atoms with Crippen molar-refractivity contribution >= 4 is 11.7 Å². The fourth-order valence-corrected chi connectivity index (χ4v) is 3.94. The molecule has 1 aliphatic rings. The molecule has 9 heteroatoms. The highest BCUT2D eigenvalue weighted by molar-refractivity contribution is 5.94. The summed E-state index contributed by atoms with van der Waals surface area (Å²) in [5, 5.41) is 4.54. The van der Waals surface area contributed by atoms with Crippen LogP contribution in [0.5, 0.6) is 0 Å². The summed E-state index contributed by atoms with van der Waals surface area (Å²) in [6.07, 6.45) is 5.31. The van der Waals surface area contributed by atoms with Crippen molar-refractivity contribution in [1.82, 2.24) is 34.2 Å². The molecule has 162 valence electrons. The molecule has 1 aromatic carbocycles. The minimum atomic E-state index is -0.000182. The Labute approximate surface area is 186 Å². The van der Waals surface area contributed by atoms with Gasteiger partial charge in [-0.25, -0.2) is 15.0 Å². The third kappa shape index (κ3) is 3.84. The maximum Gasteiger partial charge on any atom is 0.272 e. The van der Waals surface area contributed by atoms with E-state index in [9.17, 15) is 4.79 Å². The number of aromatic nitrogens is 6. The molecule has 0 bridgehead atoms. The third-order valence-corrected chi connectivity index (χ3v) is 5.64. The summed E-state index contributed by atoms with van der Waals surface area (Å²) in [4.78, 5) is 30.5. The van der Waals surface area contributed by atoms with E-state index in [-0.39, 0.29) is 5.91 Å². The fraction of sp³-hybridized carbons (Fsp3) is 0.261. The molecule has 0 atom stereocenters. The fourth-order valence-electron chi connectivity index (χ4n) is 3.94. The quantitative estimate of drug-likeness (QED) is 0.496. The SMILES string of the molecule is Cc1nc(N2CCN(C(=O)c3cc(-c4ccccc4)nn3C)CC2)cc(-n2ccnc2)n1. The second-order valence-corrected chi connectivity index (χ2v) is 7.79. The van der Waals surface area contributed by atoms with Crippen molar-refractivity contribution in [2.24, 2.45) is 7.05 Å². The van der Waals surface area contributed by atoms with E-state index in [1.165, 1.54) is 0 Å². The number of amides is 1. The van der Waals surface area contributed by atoms with Crippen molar-refractivity contribution in [3.05, 3.63) is 72.7 Å². The molecule has 1 fully saturated rings. The van der Waals surface area contributed by atoms with Crippen LogP contribution in [0, 0.1) is 6.92 Å². The summed E-state index contributed by atoms with van der Waals surface area (Å²) < 4.78 is 3.53. The first kappa shape index (κ1) is 19.9. The maximum absolute atomic E-state index is 13.2. The normalized spacial score (nSPS) is 14.1. The Morgan fingerprint density at radius 3 is 2.44 bits per heavy atom. The second-order valence-electron chi connectivity index (χ2n) is 7.79. The molecule has 0 spiro atoms. The lowest BCUT2D eigenvalue weighted by molar-refractivity contribution is 0.0735. The van der Waals surface area contributed by atoms with E-state index in [0.29, 0.717) is 37.7 Å². The first-order chi connectivity index (χ1) is 15.6. The number of hydrogen-bond acceptors (Lipinski definition) is 6. The van der Waals surface area contributed by atoms with Crippen molar-refractivity contribution in [2.75, 3.05) is 31.1 Å². The van der Waals surface area contributed by atoms with Crippen LogP contribution < -0.4 is 4.90 Å². The number of hydrogen-bond donors (Lipinski definition) is 0. The topological polar surface area (TPSA) is 85.0 Å². The molecule has 1 aliphatic heterocycles. The van der Waals surface area contributed by atoms with Crippen LogP contribution >= 0.6 is 0 Å². The largest absolute Gasteiger partial charge is 0.353 e. The molecule has 0 unspecified atom stereocenters. The van der Waals surface area contributed by atoms with Gasteiger partial charge in [-0.2, -0.15) is 5.10 Å². The molecule has 1 saturated heterocycles. The monoisotopic (exact) mass is 428 g/mol. The zero-order chi connectivity index (χ0) is 22.1. The average molecular weight is 429 g/mol. The predicted molar refractivity (Wildman–Crippen MR) is 121 cm³/mol. The summed E-state index contributed by atoms with van der Waals surface area (Å²) in [5.74, 6) is 2.35. The van der Waals surface area contributed by atoms with E-state index >= 15 is 0 Å². The molecule has 4 heterocycles. The van der Waals surface area contributed by atoms with E-state index < -0.39 is 0 Å². The van der Waals surface area contributed by atoms with Crippen LogP contribution in [0.2, 0.25) is 0 Å². The summed E-state index contributed by atoms with van der Waals surface area (Å²) >= 11 is 0. The molecule has 32 heavy (non-hydrogen) atoms. The zero-order valence-corrected chi connectivity index (χ0v) is 18.1. The van der Waals surface area contributed by atoms with E-state index in [0.717, 1.165) is 22.9 Å². The minimum Gasteiger partial charge on any atom is -0.353 e. The van der Waals surface area contributed by atoms with E-state index in [1.807, 2.05) is 72.1 Å². The van der Waals surface area contributed by atoms with Crippen molar-refractivity contribution in [3.63, 3.8) is 0 Å². The molecule has 3 aromatic heterocycles. The Balaban J connectivity index is 1.29. The number of anilines is 1. The highest BCUT2D eigenvalue weighted by Gasteiger charge is 2.26. The van der Waals surface area contributed by atoms with Gasteiger partial charge >= 0.3 is 0 Å². The Morgan fingerprint density at radius 2 is 1.72 bits per heavy atom. The number of aryl methyl sites for hydroxylation is 2. The lowest BCUT2D eigenvalue weighted by Crippen LogP contribution is -2.49. The van der Waals surface area contributed by atoms with Crippen molar-refractivity contribution in [1.29, 1.82) is 0 Å². The van der Waals surface area contributed by atoms with Gasteiger partial charge in [0.15, 0.2) is 0 Å². The van der Waals surface area contributed by atoms with Crippen molar-refractivity contribution in [2.45, 2.75) is 6.92 Å². The Hall–Kier alpha value is -4.01. The molecular formula is C23H24N8O. The van der Waals surface area contributed by atoms with Gasteiger partial charge in [-0.15, -0.1) is 0 Å². The molecule has 0 saturated carbocycles. The van der Waals surface area contributed by atoms with Crippen LogP contribution in [0.4, 0.5) is 5.82 Å². The Bertz CT molecular complexity index is 1220. The summed E-state index contributed by atoms with van der Waals surface area (Å²) in [5.41, 5.74) is 2.40. The number of piperazine rings is 1. The highest BCUT2D eigenvalue weighted by Crippen LogP contribution is 2.21. The number of carbonyl (C=O) groups is 1. The van der Waals surface area contributed by atoms with E-state index in [4.69, 9.17) is 0 Å². The first-order valence-electron chi connectivity index (χ1n) is 10.6. The number of rotatable bonds is 4. The van der Waals surface area contributed by atoms with E-state index in [2.05, 4.69) is 25.0 Å². The third-order valence-electron chi connectivity index (χ3n) is 5.64. The van der Waals surface area contributed by atoms with Crippen molar-refractivity contribution in [3.8, 4) is 17.1 Å². The minimum absolute atomic E-state index is 0.000182. The van der Waals surface area contributed by atoms with Gasteiger partial charge in [-0.3, -0.25) is 14.0 Å². The zero-order valence-electron chi connectivity index (χ0n) is 18.1. The Morgan fingerprint density at radius 1 is 0.969 bits per heavy atom. The van der Waals surface area contributed by atoms with Gasteiger partial charge in [0.25, 0.3) is 5.91 Å². The molecule has 0 N–H and O–H groups in total. The van der Waals surface area contributed by atoms with Crippen LogP contribution in [0.1, 0.15) is 16.3 Å². The standard InChI is InChI=1S/C23H24N8O/c1-17-25-21(15-22(26-17)31-9-8-24-16-31)29-10-12-30(13-11-29)23(32)20-14-19(27-28(20)2)18-6-4-3-5-7-18/h3-9,14-16H,10-13H2,1-2H3. The van der Waals surface area contributed by atoms with Gasteiger partial charge in [0.1, 0.15) is 29.5 Å². The molecule has 0 aliphatic carbocycles. The molecular weight excluding hydrogens is 404 g/mol. The molecule has 5 rings (SSSR count). The van der Waals surface area contributed by atoms with Gasteiger partial charge in [-0.05, 0) is 13.0 Å². The van der Waals surface area contributed by atoms with Gasteiger partial charge in [-0.1, -0.05) is 30.3 Å². The van der Waals surface area contributed by atoms with Crippen molar-refractivity contribution < 1.29 is 4.79 Å². The summed E-state index contributed by atoms with van der Waals surface area (Å²) in [7, 11) is 1.82. The van der Waals surface area contributed by atoms with Gasteiger partial charge < -0.3 is 9.80 Å². The van der Waals surface area contributed by atoms with Crippen LogP contribution in [0.3, 0.4) is 0 Å². The van der Waals surface area contributed by atoms with Gasteiger partial charge in [0, 0.05) is 57.3 Å². The molecule has 9 nitrogen and oxygen atoms in total. The smallest absolute Gasteiger partial charge is 0.272 e. The first-order valence-corrected chi connectivity index (χ1v) is 10.6. The average Bonchev–Trinajstić information content (AvgIpc) is 3.49. The number of benzene rings is 1. The predicted octanol–water partition coefficient (Wildman–Crippen LogP) is 2.33. The maximum atomic E-state index is 13.2. The molecule has 1 amide bonds. The van der Waals surface area contributed by atoms with Crippen LogP contribution in [-0.2, 0) is 7.05 Å². The van der Waals surface area contributed by atoms with Gasteiger partial charge in [0.05, 0.1) is 5.69 Å². The summed E-state index contributed by atoms with van der Waals surface area (Å²) in [6, 6.07) is 13.7. The van der Waals surface area contributed by atoms with Gasteiger partial charge in [0.2, 0.25) is 0 Å². The van der Waals surface area contributed by atoms with Crippen LogP contribution in [0.25, 0.3) is 17.1 Å². The summed E-state index contributed by atoms with van der Waals surface area (Å²) in [6.45, 7) is 4.53. The lowest BCUT2D eigenvalue weighted by Gasteiger charge is -2.35. The molecule has 0 radical (unpaired) electrons.